The van der Waals surface area contributed by atoms with Crippen LogP contribution < -0.4 is 10.9 Å². The lowest BCUT2D eigenvalue weighted by Crippen LogP contribution is -2.23. The van der Waals surface area contributed by atoms with Crippen molar-refractivity contribution in [3.05, 3.63) is 77.1 Å². The summed E-state index contributed by atoms with van der Waals surface area (Å²) in [5.41, 5.74) is 2.87. The van der Waals surface area contributed by atoms with Crippen molar-refractivity contribution < 1.29 is 4.18 Å². The maximum atomic E-state index is 13.0. The Morgan fingerprint density at radius 1 is 1.16 bits per heavy atom. The van der Waals surface area contributed by atoms with E-state index in [4.69, 9.17) is 4.18 Å². The predicted octanol–water partition coefficient (Wildman–Crippen LogP) is 3.31. The molecule has 25 heavy (non-hydrogen) atoms. The Hall–Kier alpha value is -2.44. The molecule has 0 atom stereocenters. The number of thiol groups is 1. The van der Waals surface area contributed by atoms with Gasteiger partial charge < -0.3 is 9.50 Å². The third-order valence-electron chi connectivity index (χ3n) is 4.03. The molecule has 0 radical (unpaired) electrons. The molecule has 0 amide bonds. The first-order valence-corrected chi connectivity index (χ1v) is 8.49. The lowest BCUT2D eigenvalue weighted by Gasteiger charge is -2.11. The molecule has 6 heteroatoms. The highest BCUT2D eigenvalue weighted by atomic mass is 32.1. The van der Waals surface area contributed by atoms with E-state index in [-0.39, 0.29) is 5.56 Å². The number of anilines is 1. The SMILES string of the molecule is C=CCn1c2ccc(NCCOS)cc2c(=O)n1Cc1ccccc1. The minimum absolute atomic E-state index is 0.00482. The number of aromatic nitrogens is 2. The molecule has 3 rings (SSSR count). The molecule has 1 N–H and O–H groups in total. The Labute approximate surface area is 152 Å². The molecule has 1 aromatic heterocycles. The van der Waals surface area contributed by atoms with Crippen LogP contribution in [0.4, 0.5) is 5.69 Å². The zero-order valence-electron chi connectivity index (χ0n) is 13.9. The second-order valence-corrected chi connectivity index (χ2v) is 5.97. The van der Waals surface area contributed by atoms with E-state index in [1.54, 1.807) is 10.8 Å². The van der Waals surface area contributed by atoms with Crippen molar-refractivity contribution in [3.63, 3.8) is 0 Å². The average Bonchev–Trinajstić information content (AvgIpc) is 2.89. The lowest BCUT2D eigenvalue weighted by molar-refractivity contribution is 0.400. The number of hydrogen-bond acceptors (Lipinski definition) is 4. The minimum atomic E-state index is -0.00482. The molecule has 0 aliphatic rings. The summed E-state index contributed by atoms with van der Waals surface area (Å²) in [4.78, 5) is 13.0. The first-order valence-electron chi connectivity index (χ1n) is 8.13. The molecule has 1 heterocycles. The van der Waals surface area contributed by atoms with Gasteiger partial charge in [-0.1, -0.05) is 36.4 Å². The molecule has 0 spiro atoms. The molecule has 3 aromatic rings. The van der Waals surface area contributed by atoms with Gasteiger partial charge in [-0.15, -0.1) is 6.58 Å². The van der Waals surface area contributed by atoms with Crippen LogP contribution in [-0.2, 0) is 17.3 Å². The molecular weight excluding hydrogens is 334 g/mol. The summed E-state index contributed by atoms with van der Waals surface area (Å²) in [5, 5.41) is 3.91. The molecule has 5 nitrogen and oxygen atoms in total. The van der Waals surface area contributed by atoms with Gasteiger partial charge in [0.25, 0.3) is 5.56 Å². The van der Waals surface area contributed by atoms with Crippen molar-refractivity contribution >= 4 is 29.5 Å². The first kappa shape index (κ1) is 17.4. The van der Waals surface area contributed by atoms with Gasteiger partial charge in [-0.2, -0.15) is 0 Å². The van der Waals surface area contributed by atoms with Crippen LogP contribution in [0.2, 0.25) is 0 Å². The Balaban J connectivity index is 2.02. The fourth-order valence-electron chi connectivity index (χ4n) is 2.89. The number of nitrogens with one attached hydrogen (secondary N) is 1. The van der Waals surface area contributed by atoms with E-state index in [0.29, 0.717) is 31.6 Å². The maximum absolute atomic E-state index is 13.0. The molecule has 0 saturated heterocycles. The van der Waals surface area contributed by atoms with Gasteiger partial charge in [0.15, 0.2) is 0 Å². The summed E-state index contributed by atoms with van der Waals surface area (Å²) in [6.45, 7) is 6.03. The van der Waals surface area contributed by atoms with Crippen LogP contribution in [0.1, 0.15) is 5.56 Å². The number of benzene rings is 2. The van der Waals surface area contributed by atoms with Crippen LogP contribution in [-0.4, -0.2) is 22.5 Å². The van der Waals surface area contributed by atoms with Crippen LogP contribution in [0.25, 0.3) is 10.9 Å². The fraction of sp³-hybridized carbons (Fsp3) is 0.211. The molecule has 130 valence electrons. The first-order chi connectivity index (χ1) is 12.2. The summed E-state index contributed by atoms with van der Waals surface area (Å²) in [6.07, 6.45) is 1.80. The standard InChI is InChI=1S/C19H21N3O2S/c1-2-11-21-18-9-8-16(20-10-12-24-25)13-17(18)19(23)22(21)14-15-6-4-3-5-7-15/h2-9,13,20,25H,1,10-12,14H2. The summed E-state index contributed by atoms with van der Waals surface area (Å²) >= 11 is 3.72. The van der Waals surface area contributed by atoms with E-state index < -0.39 is 0 Å². The summed E-state index contributed by atoms with van der Waals surface area (Å²) in [6, 6.07) is 15.8. The molecular formula is C19H21N3O2S. The summed E-state index contributed by atoms with van der Waals surface area (Å²) in [7, 11) is 0. The minimum Gasteiger partial charge on any atom is -0.383 e. The largest absolute Gasteiger partial charge is 0.383 e. The van der Waals surface area contributed by atoms with E-state index in [2.05, 4.69) is 24.8 Å². The van der Waals surface area contributed by atoms with Crippen LogP contribution in [0.15, 0.2) is 66.0 Å². The highest BCUT2D eigenvalue weighted by Gasteiger charge is 2.13. The van der Waals surface area contributed by atoms with E-state index in [1.165, 1.54) is 0 Å². The van der Waals surface area contributed by atoms with Crippen LogP contribution >= 0.6 is 12.9 Å². The van der Waals surface area contributed by atoms with Gasteiger partial charge in [0.1, 0.15) is 0 Å². The maximum Gasteiger partial charge on any atom is 0.274 e. The second-order valence-electron chi connectivity index (χ2n) is 5.71. The van der Waals surface area contributed by atoms with E-state index in [9.17, 15) is 4.79 Å². The Bertz CT molecular complexity index is 916. The number of fused-ring (bicyclic) bond motifs is 1. The Kier molecular flexibility index (Phi) is 5.63. The zero-order valence-corrected chi connectivity index (χ0v) is 14.8. The Morgan fingerprint density at radius 3 is 2.68 bits per heavy atom. The lowest BCUT2D eigenvalue weighted by atomic mass is 10.2. The number of rotatable bonds is 8. The van der Waals surface area contributed by atoms with Gasteiger partial charge in [-0.25, -0.2) is 4.68 Å². The molecule has 0 aliphatic heterocycles. The highest BCUT2D eigenvalue weighted by molar-refractivity contribution is 7.75. The monoisotopic (exact) mass is 355 g/mol. The van der Waals surface area contributed by atoms with Crippen molar-refractivity contribution in [2.45, 2.75) is 13.1 Å². The van der Waals surface area contributed by atoms with Gasteiger partial charge in [-0.3, -0.25) is 9.48 Å². The number of hydrogen-bond donors (Lipinski definition) is 2. The van der Waals surface area contributed by atoms with Crippen molar-refractivity contribution in [3.8, 4) is 0 Å². The molecule has 2 aromatic carbocycles. The summed E-state index contributed by atoms with van der Waals surface area (Å²) < 4.78 is 8.48. The molecule has 0 unspecified atom stereocenters. The summed E-state index contributed by atoms with van der Waals surface area (Å²) in [5.74, 6) is 0. The van der Waals surface area contributed by atoms with Crippen LogP contribution in [0.5, 0.6) is 0 Å². The topological polar surface area (TPSA) is 48.2 Å². The van der Waals surface area contributed by atoms with E-state index in [0.717, 1.165) is 16.8 Å². The van der Waals surface area contributed by atoms with Crippen LogP contribution in [0.3, 0.4) is 0 Å². The van der Waals surface area contributed by atoms with Gasteiger partial charge in [0.05, 0.1) is 30.6 Å². The van der Waals surface area contributed by atoms with Gasteiger partial charge in [0.2, 0.25) is 0 Å². The quantitative estimate of drug-likeness (QED) is 0.282. The third kappa shape index (κ3) is 3.81. The van der Waals surface area contributed by atoms with E-state index >= 15 is 0 Å². The Morgan fingerprint density at radius 2 is 1.96 bits per heavy atom. The predicted molar refractivity (Wildman–Crippen MR) is 105 cm³/mol. The molecule has 0 saturated carbocycles. The van der Waals surface area contributed by atoms with Crippen LogP contribution in [0, 0.1) is 0 Å². The molecule has 0 aliphatic carbocycles. The smallest absolute Gasteiger partial charge is 0.274 e. The third-order valence-corrected chi connectivity index (χ3v) is 4.21. The van der Waals surface area contributed by atoms with Gasteiger partial charge >= 0.3 is 0 Å². The number of nitrogens with zero attached hydrogens (tertiary/aromatic N) is 2. The van der Waals surface area contributed by atoms with E-state index in [1.807, 2.05) is 53.2 Å². The van der Waals surface area contributed by atoms with Gasteiger partial charge in [0, 0.05) is 12.2 Å². The van der Waals surface area contributed by atoms with Gasteiger partial charge in [-0.05, 0) is 36.7 Å². The zero-order chi connectivity index (χ0) is 17.6. The molecule has 0 bridgehead atoms. The van der Waals surface area contributed by atoms with Crippen molar-refractivity contribution in [2.75, 3.05) is 18.5 Å². The molecule has 0 fully saturated rings. The normalized spacial score (nSPS) is 10.9. The fourth-order valence-corrected chi connectivity index (χ4v) is 2.99. The van der Waals surface area contributed by atoms with Crippen molar-refractivity contribution in [1.82, 2.24) is 9.36 Å². The highest BCUT2D eigenvalue weighted by Crippen LogP contribution is 2.18. The number of allylic oxidation sites excluding steroid dienone is 1. The second kappa shape index (κ2) is 8.09. The van der Waals surface area contributed by atoms with Crippen molar-refractivity contribution in [2.24, 2.45) is 0 Å². The van der Waals surface area contributed by atoms with Crippen molar-refractivity contribution in [1.29, 1.82) is 0 Å². The average molecular weight is 355 g/mol.